The average Bonchev–Trinajstić information content (AvgIpc) is 2.83. The van der Waals surface area contributed by atoms with E-state index in [1.807, 2.05) is 6.92 Å². The van der Waals surface area contributed by atoms with Crippen LogP contribution in [0.2, 0.25) is 0 Å². The predicted molar refractivity (Wildman–Crippen MR) is 115 cm³/mol. The van der Waals surface area contributed by atoms with Gasteiger partial charge in [0.05, 0.1) is 13.7 Å². The highest BCUT2D eigenvalue weighted by atomic mass is 32.2. The Morgan fingerprint density at radius 3 is 2.53 bits per heavy atom. The van der Waals surface area contributed by atoms with Gasteiger partial charge in [0.25, 0.3) is 5.91 Å². The second kappa shape index (κ2) is 10.4. The maximum absolute atomic E-state index is 12.7. The summed E-state index contributed by atoms with van der Waals surface area (Å²) in [6, 6.07) is 7.77. The van der Waals surface area contributed by atoms with Gasteiger partial charge in [-0.25, -0.2) is 8.42 Å². The maximum Gasteiger partial charge on any atom is 0.269 e. The molecule has 0 atom stereocenters. The highest BCUT2D eigenvalue weighted by Gasteiger charge is 2.32. The molecule has 2 aromatic rings. The fraction of sp³-hybridized carbons (Fsp3) is 0.381. The number of benzene rings is 1. The third-order valence-electron chi connectivity index (χ3n) is 5.12. The number of rotatable bonds is 7. The number of amides is 2. The number of piperidine rings is 1. The van der Waals surface area contributed by atoms with Crippen molar-refractivity contribution in [2.75, 3.05) is 26.8 Å². The van der Waals surface area contributed by atoms with E-state index in [9.17, 15) is 18.0 Å². The highest BCUT2D eigenvalue weighted by molar-refractivity contribution is 7.89. The van der Waals surface area contributed by atoms with Crippen LogP contribution in [0.15, 0.2) is 47.6 Å². The van der Waals surface area contributed by atoms with Crippen molar-refractivity contribution in [1.29, 1.82) is 0 Å². The number of carbonyl (C=O) groups is 2. The van der Waals surface area contributed by atoms with Crippen molar-refractivity contribution < 1.29 is 27.5 Å². The van der Waals surface area contributed by atoms with E-state index in [1.54, 1.807) is 18.2 Å². The third-order valence-corrected chi connectivity index (χ3v) is 7.00. The van der Waals surface area contributed by atoms with E-state index in [-0.39, 0.29) is 23.9 Å². The molecule has 1 aliphatic rings. The number of methoxy groups -OCH3 is 1. The summed E-state index contributed by atoms with van der Waals surface area (Å²) in [5.74, 6) is -0.354. The number of nitrogens with one attached hydrogen (secondary N) is 2. The van der Waals surface area contributed by atoms with Crippen molar-refractivity contribution in [1.82, 2.24) is 20.1 Å². The molecule has 1 aliphatic heterocycles. The van der Waals surface area contributed by atoms with E-state index in [0.717, 1.165) is 0 Å². The van der Waals surface area contributed by atoms with Gasteiger partial charge in [-0.3, -0.25) is 25.4 Å². The first-order chi connectivity index (χ1) is 15.4. The van der Waals surface area contributed by atoms with Crippen molar-refractivity contribution >= 4 is 21.8 Å². The van der Waals surface area contributed by atoms with Gasteiger partial charge in [-0.15, -0.1) is 0 Å². The lowest BCUT2D eigenvalue weighted by Gasteiger charge is -2.30. The molecule has 1 aromatic carbocycles. The standard InChI is InChI=1S/C21H26N4O6S/c1-3-31-18-7-6-16(13-19(18)30-2)21(27)24-23-20(26)15-8-11-25(12-9-15)32(28,29)17-5-4-10-22-14-17/h4-7,10,13-15H,3,8-9,11-12H2,1-2H3,(H,23,26)(H,24,27). The minimum Gasteiger partial charge on any atom is -0.493 e. The smallest absolute Gasteiger partial charge is 0.269 e. The van der Waals surface area contributed by atoms with Crippen LogP contribution in [0.5, 0.6) is 11.5 Å². The number of hydrogen-bond donors (Lipinski definition) is 2. The Kier molecular flexibility index (Phi) is 7.65. The van der Waals surface area contributed by atoms with Gasteiger partial charge in [0.15, 0.2) is 11.5 Å². The summed E-state index contributed by atoms with van der Waals surface area (Å²) < 4.78 is 37.3. The summed E-state index contributed by atoms with van der Waals surface area (Å²) in [6.45, 7) is 2.72. The second-order valence-electron chi connectivity index (χ2n) is 7.11. The lowest BCUT2D eigenvalue weighted by atomic mass is 9.98. The predicted octanol–water partition coefficient (Wildman–Crippen LogP) is 1.35. The average molecular weight is 463 g/mol. The van der Waals surface area contributed by atoms with Crippen LogP contribution in [0.3, 0.4) is 0 Å². The molecule has 0 saturated carbocycles. The van der Waals surface area contributed by atoms with Gasteiger partial charge in [0, 0.05) is 37.0 Å². The molecule has 0 bridgehead atoms. The van der Waals surface area contributed by atoms with Crippen molar-refractivity contribution in [2.24, 2.45) is 5.92 Å². The maximum atomic E-state index is 12.7. The Labute approximate surface area is 186 Å². The summed E-state index contributed by atoms with van der Waals surface area (Å²) in [5.41, 5.74) is 5.11. The van der Waals surface area contributed by atoms with Crippen LogP contribution < -0.4 is 20.3 Å². The Morgan fingerprint density at radius 1 is 1.16 bits per heavy atom. The summed E-state index contributed by atoms with van der Waals surface area (Å²) in [6.07, 6.45) is 3.50. The summed E-state index contributed by atoms with van der Waals surface area (Å²) in [4.78, 5) is 28.8. The largest absolute Gasteiger partial charge is 0.493 e. The monoisotopic (exact) mass is 462 g/mol. The van der Waals surface area contributed by atoms with Crippen LogP contribution in [0.25, 0.3) is 0 Å². The van der Waals surface area contributed by atoms with Crippen LogP contribution in [0.1, 0.15) is 30.1 Å². The zero-order valence-electron chi connectivity index (χ0n) is 17.9. The Bertz CT molecular complexity index is 1050. The Balaban J connectivity index is 1.53. The number of sulfonamides is 1. The van der Waals surface area contributed by atoms with Crippen LogP contribution in [0, 0.1) is 5.92 Å². The SMILES string of the molecule is CCOc1ccc(C(=O)NNC(=O)C2CCN(S(=O)(=O)c3cccnc3)CC2)cc1OC. The zero-order chi connectivity index (χ0) is 23.1. The Hall–Kier alpha value is -3.18. The van der Waals surface area contributed by atoms with Gasteiger partial charge in [0.1, 0.15) is 4.90 Å². The number of aromatic nitrogens is 1. The molecule has 0 unspecified atom stereocenters. The van der Waals surface area contributed by atoms with Crippen molar-refractivity contribution in [2.45, 2.75) is 24.7 Å². The third kappa shape index (κ3) is 5.35. The van der Waals surface area contributed by atoms with Crippen molar-refractivity contribution in [3.8, 4) is 11.5 Å². The number of hydrazine groups is 1. The molecule has 1 fully saturated rings. The van der Waals surface area contributed by atoms with Crippen molar-refractivity contribution in [3.05, 3.63) is 48.3 Å². The van der Waals surface area contributed by atoms with Crippen LogP contribution in [-0.2, 0) is 14.8 Å². The molecule has 2 heterocycles. The van der Waals surface area contributed by atoms with Gasteiger partial charge < -0.3 is 9.47 Å². The summed E-state index contributed by atoms with van der Waals surface area (Å²) in [5, 5.41) is 0. The molecule has 0 spiro atoms. The van der Waals surface area contributed by atoms with Crippen LogP contribution >= 0.6 is 0 Å². The molecule has 1 saturated heterocycles. The van der Waals surface area contributed by atoms with E-state index >= 15 is 0 Å². The highest BCUT2D eigenvalue weighted by Crippen LogP contribution is 2.28. The summed E-state index contributed by atoms with van der Waals surface area (Å²) in [7, 11) is -2.17. The quantitative estimate of drug-likeness (QED) is 0.595. The molecular weight excluding hydrogens is 436 g/mol. The fourth-order valence-electron chi connectivity index (χ4n) is 3.38. The minimum absolute atomic E-state index is 0.126. The fourth-order valence-corrected chi connectivity index (χ4v) is 4.82. The first kappa shape index (κ1) is 23.5. The molecule has 172 valence electrons. The van der Waals surface area contributed by atoms with Gasteiger partial charge in [-0.2, -0.15) is 4.31 Å². The topological polar surface area (TPSA) is 127 Å². The molecule has 11 heteroatoms. The second-order valence-corrected chi connectivity index (χ2v) is 9.05. The molecule has 2 amide bonds. The van der Waals surface area contributed by atoms with Crippen LogP contribution in [-0.4, -0.2) is 56.3 Å². The summed E-state index contributed by atoms with van der Waals surface area (Å²) >= 11 is 0. The minimum atomic E-state index is -3.64. The molecule has 10 nitrogen and oxygen atoms in total. The van der Waals surface area contributed by atoms with Crippen molar-refractivity contribution in [3.63, 3.8) is 0 Å². The lowest BCUT2D eigenvalue weighted by Crippen LogP contribution is -2.48. The van der Waals surface area contributed by atoms with E-state index < -0.39 is 21.8 Å². The molecule has 2 N–H and O–H groups in total. The first-order valence-corrected chi connectivity index (χ1v) is 11.6. The van der Waals surface area contributed by atoms with Gasteiger partial charge in [0.2, 0.25) is 15.9 Å². The van der Waals surface area contributed by atoms with E-state index in [0.29, 0.717) is 36.5 Å². The van der Waals surface area contributed by atoms with E-state index in [4.69, 9.17) is 9.47 Å². The Morgan fingerprint density at radius 2 is 1.91 bits per heavy atom. The molecule has 3 rings (SSSR count). The van der Waals surface area contributed by atoms with Gasteiger partial charge in [-0.1, -0.05) is 0 Å². The molecule has 1 aromatic heterocycles. The number of pyridine rings is 1. The van der Waals surface area contributed by atoms with Crippen LogP contribution in [0.4, 0.5) is 0 Å². The number of hydrogen-bond acceptors (Lipinski definition) is 7. The van der Waals surface area contributed by atoms with Gasteiger partial charge >= 0.3 is 0 Å². The number of carbonyl (C=O) groups excluding carboxylic acids is 2. The van der Waals surface area contributed by atoms with E-state index in [1.165, 1.54) is 35.9 Å². The lowest BCUT2D eigenvalue weighted by molar-refractivity contribution is -0.126. The van der Waals surface area contributed by atoms with E-state index in [2.05, 4.69) is 15.8 Å². The molecular formula is C21H26N4O6S. The van der Waals surface area contributed by atoms with Gasteiger partial charge in [-0.05, 0) is 50.1 Å². The number of nitrogens with zero attached hydrogens (tertiary/aromatic N) is 2. The first-order valence-electron chi connectivity index (χ1n) is 10.2. The molecule has 0 aliphatic carbocycles. The zero-order valence-corrected chi connectivity index (χ0v) is 18.7. The molecule has 32 heavy (non-hydrogen) atoms. The normalized spacial score (nSPS) is 15.1. The molecule has 0 radical (unpaired) electrons. The number of ether oxygens (including phenoxy) is 2.